The number of carbonyl (C=O) groups is 2. The maximum atomic E-state index is 11.9. The lowest BCUT2D eigenvalue weighted by Gasteiger charge is -2.27. The topological polar surface area (TPSA) is 73.5 Å². The Bertz CT molecular complexity index is 734. The summed E-state index contributed by atoms with van der Waals surface area (Å²) in [5.74, 6) is -0.224. The molecule has 0 radical (unpaired) electrons. The molecule has 0 saturated carbocycles. The van der Waals surface area contributed by atoms with Crippen LogP contribution in [0.15, 0.2) is 54.6 Å². The predicted molar refractivity (Wildman–Crippen MR) is 106 cm³/mol. The van der Waals surface area contributed by atoms with Crippen molar-refractivity contribution in [2.24, 2.45) is 0 Å². The second kappa shape index (κ2) is 9.46. The average molecular weight is 354 g/mol. The summed E-state index contributed by atoms with van der Waals surface area (Å²) in [6, 6.07) is 17.2. The first-order valence-corrected chi connectivity index (χ1v) is 8.62. The number of likely N-dealkylation sites (N-methyl/N-ethyl adjacent to an activating group) is 1. The third-order valence-corrected chi connectivity index (χ3v) is 4.10. The van der Waals surface area contributed by atoms with Crippen molar-refractivity contribution in [3.05, 3.63) is 60.2 Å². The second-order valence-electron chi connectivity index (χ2n) is 6.28. The SMILES string of the molecule is Cc1cccc(NC(=O)NCC(=O)NCC(C)N(C)c2ccccc2)c1. The van der Waals surface area contributed by atoms with Crippen LogP contribution in [-0.2, 0) is 4.79 Å². The molecule has 3 N–H and O–H groups in total. The van der Waals surface area contributed by atoms with E-state index in [2.05, 4.69) is 20.9 Å². The monoisotopic (exact) mass is 354 g/mol. The summed E-state index contributed by atoms with van der Waals surface area (Å²) < 4.78 is 0. The minimum Gasteiger partial charge on any atom is -0.370 e. The molecular weight excluding hydrogens is 328 g/mol. The van der Waals surface area contributed by atoms with Crippen LogP contribution < -0.4 is 20.9 Å². The summed E-state index contributed by atoms with van der Waals surface area (Å²) >= 11 is 0. The molecule has 0 fully saturated rings. The van der Waals surface area contributed by atoms with E-state index >= 15 is 0 Å². The van der Waals surface area contributed by atoms with E-state index in [9.17, 15) is 9.59 Å². The number of urea groups is 1. The van der Waals surface area contributed by atoms with Crippen LogP contribution >= 0.6 is 0 Å². The minimum absolute atomic E-state index is 0.0700. The largest absolute Gasteiger partial charge is 0.370 e. The van der Waals surface area contributed by atoms with Crippen molar-refractivity contribution in [2.45, 2.75) is 19.9 Å². The zero-order chi connectivity index (χ0) is 18.9. The van der Waals surface area contributed by atoms with E-state index in [0.29, 0.717) is 12.2 Å². The number of anilines is 2. The van der Waals surface area contributed by atoms with Gasteiger partial charge in [0.2, 0.25) is 5.91 Å². The predicted octanol–water partition coefficient (Wildman–Crippen LogP) is 2.76. The van der Waals surface area contributed by atoms with Gasteiger partial charge in [0, 0.05) is 31.0 Å². The fourth-order valence-corrected chi connectivity index (χ4v) is 2.44. The van der Waals surface area contributed by atoms with Gasteiger partial charge in [-0.1, -0.05) is 30.3 Å². The number of nitrogens with one attached hydrogen (secondary N) is 3. The quantitative estimate of drug-likeness (QED) is 0.716. The molecular formula is C20H26N4O2. The molecule has 1 atom stereocenters. The Morgan fingerprint density at radius 3 is 2.46 bits per heavy atom. The summed E-state index contributed by atoms with van der Waals surface area (Å²) in [5, 5.41) is 8.10. The highest BCUT2D eigenvalue weighted by Crippen LogP contribution is 2.13. The van der Waals surface area contributed by atoms with Crippen LogP contribution in [0.4, 0.5) is 16.2 Å². The van der Waals surface area contributed by atoms with Crippen LogP contribution in [0.1, 0.15) is 12.5 Å². The fraction of sp³-hybridized carbons (Fsp3) is 0.300. The van der Waals surface area contributed by atoms with Gasteiger partial charge in [-0.05, 0) is 43.7 Å². The zero-order valence-corrected chi connectivity index (χ0v) is 15.5. The summed E-state index contributed by atoms with van der Waals surface area (Å²) in [6.45, 7) is 4.40. The molecule has 0 saturated heterocycles. The van der Waals surface area contributed by atoms with Gasteiger partial charge in [0.25, 0.3) is 0 Å². The standard InChI is InChI=1S/C20H26N4O2/c1-15-8-7-9-17(12-15)23-20(26)22-14-19(25)21-13-16(2)24(3)18-10-5-4-6-11-18/h4-12,16H,13-14H2,1-3H3,(H,21,25)(H2,22,23,26). The van der Waals surface area contributed by atoms with Crippen molar-refractivity contribution >= 4 is 23.3 Å². The van der Waals surface area contributed by atoms with Gasteiger partial charge in [0.1, 0.15) is 0 Å². The molecule has 0 aliphatic carbocycles. The van der Waals surface area contributed by atoms with Crippen LogP contribution in [0.5, 0.6) is 0 Å². The zero-order valence-electron chi connectivity index (χ0n) is 15.5. The van der Waals surface area contributed by atoms with Gasteiger partial charge in [-0.15, -0.1) is 0 Å². The Morgan fingerprint density at radius 1 is 1.04 bits per heavy atom. The number of para-hydroxylation sites is 1. The third-order valence-electron chi connectivity index (χ3n) is 4.10. The number of nitrogens with zero attached hydrogens (tertiary/aromatic N) is 1. The summed E-state index contributed by atoms with van der Waals surface area (Å²) in [4.78, 5) is 25.9. The van der Waals surface area contributed by atoms with Crippen molar-refractivity contribution in [3.63, 3.8) is 0 Å². The number of hydrogen-bond donors (Lipinski definition) is 3. The van der Waals surface area contributed by atoms with Gasteiger partial charge in [0.05, 0.1) is 6.54 Å². The van der Waals surface area contributed by atoms with E-state index < -0.39 is 6.03 Å². The molecule has 0 heterocycles. The normalized spacial score (nSPS) is 11.3. The van der Waals surface area contributed by atoms with Gasteiger partial charge < -0.3 is 20.9 Å². The van der Waals surface area contributed by atoms with Crippen LogP contribution in [0, 0.1) is 6.92 Å². The number of aryl methyl sites for hydroxylation is 1. The first-order valence-electron chi connectivity index (χ1n) is 8.62. The van der Waals surface area contributed by atoms with E-state index in [1.165, 1.54) is 0 Å². The Kier molecular flexibility index (Phi) is 7.02. The van der Waals surface area contributed by atoms with E-state index in [1.807, 2.05) is 69.4 Å². The van der Waals surface area contributed by atoms with Gasteiger partial charge in [0.15, 0.2) is 0 Å². The first-order chi connectivity index (χ1) is 12.5. The third kappa shape index (κ3) is 6.12. The van der Waals surface area contributed by atoms with Crippen molar-refractivity contribution in [3.8, 4) is 0 Å². The van der Waals surface area contributed by atoms with Gasteiger partial charge in [-0.2, -0.15) is 0 Å². The Hall–Kier alpha value is -3.02. The van der Waals surface area contributed by atoms with E-state index in [4.69, 9.17) is 0 Å². The Labute approximate surface area is 154 Å². The van der Waals surface area contributed by atoms with Crippen molar-refractivity contribution in [1.29, 1.82) is 0 Å². The van der Waals surface area contributed by atoms with Crippen molar-refractivity contribution < 1.29 is 9.59 Å². The van der Waals surface area contributed by atoms with Crippen LogP contribution in [0.3, 0.4) is 0 Å². The Balaban J connectivity index is 1.70. The van der Waals surface area contributed by atoms with E-state index in [-0.39, 0.29) is 18.5 Å². The number of benzene rings is 2. The molecule has 26 heavy (non-hydrogen) atoms. The van der Waals surface area contributed by atoms with Crippen molar-refractivity contribution in [2.75, 3.05) is 30.4 Å². The molecule has 0 aromatic heterocycles. The summed E-state index contributed by atoms with van der Waals surface area (Å²) in [7, 11) is 1.99. The minimum atomic E-state index is -0.403. The molecule has 1 unspecified atom stereocenters. The van der Waals surface area contributed by atoms with Crippen LogP contribution in [0.2, 0.25) is 0 Å². The fourth-order valence-electron chi connectivity index (χ4n) is 2.44. The summed E-state index contributed by atoms with van der Waals surface area (Å²) in [6.07, 6.45) is 0. The maximum Gasteiger partial charge on any atom is 0.319 e. The Morgan fingerprint density at radius 2 is 1.77 bits per heavy atom. The number of carbonyl (C=O) groups excluding carboxylic acids is 2. The van der Waals surface area contributed by atoms with E-state index in [1.54, 1.807) is 6.07 Å². The second-order valence-corrected chi connectivity index (χ2v) is 6.28. The molecule has 6 nitrogen and oxygen atoms in total. The highest BCUT2D eigenvalue weighted by atomic mass is 16.2. The molecule has 138 valence electrons. The highest BCUT2D eigenvalue weighted by Gasteiger charge is 2.12. The van der Waals surface area contributed by atoms with Gasteiger partial charge >= 0.3 is 6.03 Å². The molecule has 0 aliphatic heterocycles. The van der Waals surface area contributed by atoms with E-state index in [0.717, 1.165) is 11.3 Å². The van der Waals surface area contributed by atoms with Gasteiger partial charge in [-0.25, -0.2) is 4.79 Å². The van der Waals surface area contributed by atoms with Crippen LogP contribution in [0.25, 0.3) is 0 Å². The molecule has 2 rings (SSSR count). The maximum absolute atomic E-state index is 11.9. The first kappa shape index (κ1) is 19.3. The summed E-state index contributed by atoms with van der Waals surface area (Å²) in [5.41, 5.74) is 2.84. The molecule has 0 spiro atoms. The molecule has 2 aromatic carbocycles. The number of rotatable bonds is 7. The van der Waals surface area contributed by atoms with Crippen molar-refractivity contribution in [1.82, 2.24) is 10.6 Å². The molecule has 6 heteroatoms. The molecule has 0 aliphatic rings. The van der Waals surface area contributed by atoms with Crippen LogP contribution in [-0.4, -0.2) is 38.1 Å². The lowest BCUT2D eigenvalue weighted by atomic mass is 10.2. The highest BCUT2D eigenvalue weighted by molar-refractivity contribution is 5.92. The average Bonchev–Trinajstić information content (AvgIpc) is 2.64. The molecule has 3 amide bonds. The smallest absolute Gasteiger partial charge is 0.319 e. The lowest BCUT2D eigenvalue weighted by Crippen LogP contribution is -2.44. The number of amides is 3. The molecule has 0 bridgehead atoms. The molecule has 2 aromatic rings. The number of hydrogen-bond acceptors (Lipinski definition) is 3. The van der Waals surface area contributed by atoms with Gasteiger partial charge in [-0.3, -0.25) is 4.79 Å². The lowest BCUT2D eigenvalue weighted by molar-refractivity contribution is -0.120.